The van der Waals surface area contributed by atoms with Crippen LogP contribution in [0.3, 0.4) is 0 Å². The fourth-order valence-corrected chi connectivity index (χ4v) is 1.98. The monoisotopic (exact) mass is 264 g/mol. The van der Waals surface area contributed by atoms with E-state index in [-0.39, 0.29) is 5.82 Å². The SMILES string of the molecule is COCc1cc(=S)nc(-c2cc(C)cc(F)c2)[nH]1. The van der Waals surface area contributed by atoms with Gasteiger partial charge in [-0.15, -0.1) is 0 Å². The maximum Gasteiger partial charge on any atom is 0.139 e. The molecule has 0 bridgehead atoms. The van der Waals surface area contributed by atoms with Crippen molar-refractivity contribution in [1.82, 2.24) is 9.97 Å². The lowest BCUT2D eigenvalue weighted by atomic mass is 10.1. The highest BCUT2D eigenvalue weighted by Crippen LogP contribution is 2.18. The highest BCUT2D eigenvalue weighted by atomic mass is 32.1. The van der Waals surface area contributed by atoms with Gasteiger partial charge in [0.1, 0.15) is 16.3 Å². The molecular weight excluding hydrogens is 251 g/mol. The Morgan fingerprint density at radius 2 is 2.11 bits per heavy atom. The van der Waals surface area contributed by atoms with Crippen molar-refractivity contribution >= 4 is 12.2 Å². The molecule has 2 aromatic rings. The molecule has 0 aliphatic rings. The molecule has 0 spiro atoms. The Morgan fingerprint density at radius 3 is 2.78 bits per heavy atom. The Morgan fingerprint density at radius 1 is 1.33 bits per heavy atom. The van der Waals surface area contributed by atoms with Crippen LogP contribution in [0.15, 0.2) is 24.3 Å². The van der Waals surface area contributed by atoms with Gasteiger partial charge in [-0.25, -0.2) is 9.37 Å². The van der Waals surface area contributed by atoms with Crippen molar-refractivity contribution < 1.29 is 9.13 Å². The standard InChI is InChI=1S/C13H13FN2OS/c1-8-3-9(5-10(14)4-8)13-15-11(7-17-2)6-12(18)16-13/h3-6H,7H2,1-2H3,(H,15,16,18). The van der Waals surface area contributed by atoms with Crippen molar-refractivity contribution in [3.63, 3.8) is 0 Å². The van der Waals surface area contributed by atoms with Crippen LogP contribution >= 0.6 is 12.2 Å². The molecule has 0 saturated carbocycles. The summed E-state index contributed by atoms with van der Waals surface area (Å²) in [7, 11) is 1.60. The molecule has 0 unspecified atom stereocenters. The second-order valence-electron chi connectivity index (χ2n) is 4.04. The fourth-order valence-electron chi connectivity index (χ4n) is 1.75. The zero-order valence-corrected chi connectivity index (χ0v) is 11.0. The third-order valence-corrected chi connectivity index (χ3v) is 2.62. The number of hydrogen-bond donors (Lipinski definition) is 1. The van der Waals surface area contributed by atoms with E-state index < -0.39 is 0 Å². The summed E-state index contributed by atoms with van der Waals surface area (Å²) in [6.07, 6.45) is 0. The van der Waals surface area contributed by atoms with Crippen LogP contribution in [-0.4, -0.2) is 17.1 Å². The zero-order valence-electron chi connectivity index (χ0n) is 10.2. The summed E-state index contributed by atoms with van der Waals surface area (Å²) in [4.78, 5) is 7.29. The van der Waals surface area contributed by atoms with E-state index in [1.807, 2.05) is 13.0 Å². The highest BCUT2D eigenvalue weighted by molar-refractivity contribution is 7.71. The second kappa shape index (κ2) is 5.37. The molecule has 0 fully saturated rings. The van der Waals surface area contributed by atoms with E-state index >= 15 is 0 Å². The number of aromatic amines is 1. The van der Waals surface area contributed by atoms with E-state index in [1.54, 1.807) is 13.2 Å². The first-order valence-electron chi connectivity index (χ1n) is 5.45. The average Bonchev–Trinajstić information content (AvgIpc) is 2.27. The largest absolute Gasteiger partial charge is 0.378 e. The summed E-state index contributed by atoms with van der Waals surface area (Å²) < 4.78 is 18.9. The van der Waals surface area contributed by atoms with Crippen LogP contribution in [0.4, 0.5) is 4.39 Å². The molecule has 2 rings (SSSR count). The fraction of sp³-hybridized carbons (Fsp3) is 0.231. The number of nitrogens with one attached hydrogen (secondary N) is 1. The highest BCUT2D eigenvalue weighted by Gasteiger charge is 2.05. The number of benzene rings is 1. The molecule has 3 nitrogen and oxygen atoms in total. The van der Waals surface area contributed by atoms with E-state index in [0.717, 1.165) is 11.3 Å². The van der Waals surface area contributed by atoms with Crippen LogP contribution in [0.1, 0.15) is 11.3 Å². The van der Waals surface area contributed by atoms with Crippen LogP contribution < -0.4 is 0 Å². The zero-order chi connectivity index (χ0) is 13.1. The lowest BCUT2D eigenvalue weighted by molar-refractivity contribution is 0.181. The first-order chi connectivity index (χ1) is 8.58. The number of rotatable bonds is 3. The molecule has 0 amide bonds. The first-order valence-corrected chi connectivity index (χ1v) is 5.86. The molecule has 1 heterocycles. The number of halogens is 1. The number of methoxy groups -OCH3 is 1. The van der Waals surface area contributed by atoms with E-state index in [9.17, 15) is 4.39 Å². The second-order valence-corrected chi connectivity index (χ2v) is 4.46. The van der Waals surface area contributed by atoms with Gasteiger partial charge in [-0.1, -0.05) is 12.2 Å². The lowest BCUT2D eigenvalue weighted by Crippen LogP contribution is -1.98. The molecule has 18 heavy (non-hydrogen) atoms. The van der Waals surface area contributed by atoms with E-state index in [0.29, 0.717) is 22.6 Å². The Labute approximate surface area is 110 Å². The Balaban J connectivity index is 2.52. The summed E-state index contributed by atoms with van der Waals surface area (Å²) in [5.41, 5.74) is 2.33. The van der Waals surface area contributed by atoms with Crippen molar-refractivity contribution in [3.05, 3.63) is 46.0 Å². The van der Waals surface area contributed by atoms with Crippen LogP contribution in [0.5, 0.6) is 0 Å². The van der Waals surface area contributed by atoms with Crippen molar-refractivity contribution in [3.8, 4) is 11.4 Å². The summed E-state index contributed by atoms with van der Waals surface area (Å²) in [6, 6.07) is 6.48. The first kappa shape index (κ1) is 12.9. The summed E-state index contributed by atoms with van der Waals surface area (Å²) >= 11 is 5.09. The predicted octanol–water partition coefficient (Wildman–Crippen LogP) is 3.40. The van der Waals surface area contributed by atoms with Gasteiger partial charge in [0, 0.05) is 18.4 Å². The molecule has 1 aromatic heterocycles. The van der Waals surface area contributed by atoms with E-state index in [2.05, 4.69) is 9.97 Å². The number of aryl methyl sites for hydroxylation is 1. The molecule has 0 saturated heterocycles. The Hall–Kier alpha value is -1.59. The Kier molecular flexibility index (Phi) is 3.84. The molecule has 0 atom stereocenters. The summed E-state index contributed by atoms with van der Waals surface area (Å²) in [5, 5.41) is 0. The topological polar surface area (TPSA) is 37.9 Å². The van der Waals surface area contributed by atoms with E-state index in [4.69, 9.17) is 17.0 Å². The normalized spacial score (nSPS) is 10.6. The summed E-state index contributed by atoms with van der Waals surface area (Å²) in [6.45, 7) is 2.24. The maximum atomic E-state index is 13.4. The van der Waals surface area contributed by atoms with Gasteiger partial charge in [0.05, 0.1) is 6.61 Å². The lowest BCUT2D eigenvalue weighted by Gasteiger charge is -2.06. The number of aromatic nitrogens is 2. The van der Waals surface area contributed by atoms with Gasteiger partial charge in [-0.3, -0.25) is 0 Å². The minimum absolute atomic E-state index is 0.289. The van der Waals surface area contributed by atoms with Gasteiger partial charge in [0.2, 0.25) is 0 Å². The van der Waals surface area contributed by atoms with Crippen LogP contribution in [0, 0.1) is 17.4 Å². The van der Waals surface area contributed by atoms with Gasteiger partial charge in [0.15, 0.2) is 0 Å². The third-order valence-electron chi connectivity index (χ3n) is 2.41. The van der Waals surface area contributed by atoms with Crippen LogP contribution in [-0.2, 0) is 11.3 Å². The van der Waals surface area contributed by atoms with E-state index in [1.165, 1.54) is 12.1 Å². The van der Waals surface area contributed by atoms with Crippen molar-refractivity contribution in [1.29, 1.82) is 0 Å². The number of nitrogens with zero attached hydrogens (tertiary/aromatic N) is 1. The molecule has 0 radical (unpaired) electrons. The van der Waals surface area contributed by atoms with Crippen molar-refractivity contribution in [2.75, 3.05) is 7.11 Å². The molecule has 0 aliphatic carbocycles. The minimum atomic E-state index is -0.289. The quantitative estimate of drug-likeness (QED) is 0.863. The van der Waals surface area contributed by atoms with Gasteiger partial charge < -0.3 is 9.72 Å². The third kappa shape index (κ3) is 3.00. The molecule has 1 aromatic carbocycles. The minimum Gasteiger partial charge on any atom is -0.378 e. The molecule has 0 aliphatic heterocycles. The van der Waals surface area contributed by atoms with Gasteiger partial charge in [0.25, 0.3) is 0 Å². The number of hydrogen-bond acceptors (Lipinski definition) is 3. The van der Waals surface area contributed by atoms with Gasteiger partial charge in [-0.2, -0.15) is 0 Å². The van der Waals surface area contributed by atoms with Crippen molar-refractivity contribution in [2.45, 2.75) is 13.5 Å². The molecule has 94 valence electrons. The molecular formula is C13H13FN2OS. The molecule has 1 N–H and O–H groups in total. The predicted molar refractivity (Wildman–Crippen MR) is 70.3 cm³/mol. The summed E-state index contributed by atoms with van der Waals surface area (Å²) in [5.74, 6) is 0.264. The number of H-pyrrole nitrogens is 1. The van der Waals surface area contributed by atoms with Gasteiger partial charge in [-0.05, 0) is 36.8 Å². The Bertz CT molecular complexity index is 604. The maximum absolute atomic E-state index is 13.4. The smallest absolute Gasteiger partial charge is 0.139 e. The van der Waals surface area contributed by atoms with Crippen LogP contribution in [0.2, 0.25) is 0 Å². The van der Waals surface area contributed by atoms with Crippen molar-refractivity contribution in [2.24, 2.45) is 0 Å². The number of ether oxygens (including phenoxy) is 1. The average molecular weight is 264 g/mol. The van der Waals surface area contributed by atoms with Gasteiger partial charge >= 0.3 is 0 Å². The molecule has 5 heteroatoms. The van der Waals surface area contributed by atoms with Crippen LogP contribution in [0.25, 0.3) is 11.4 Å².